The van der Waals surface area contributed by atoms with Crippen molar-refractivity contribution in [2.45, 2.75) is 18.8 Å². The predicted octanol–water partition coefficient (Wildman–Crippen LogP) is 1.16. The fourth-order valence-corrected chi connectivity index (χ4v) is 2.74. The Kier molecular flexibility index (Phi) is 2.01. The van der Waals surface area contributed by atoms with E-state index in [0.717, 1.165) is 17.7 Å². The number of carbonyl (C=O) groups is 1. The van der Waals surface area contributed by atoms with Crippen LogP contribution < -0.4 is 10.6 Å². The summed E-state index contributed by atoms with van der Waals surface area (Å²) < 4.78 is 13.8. The van der Waals surface area contributed by atoms with Gasteiger partial charge in [0.2, 0.25) is 5.91 Å². The summed E-state index contributed by atoms with van der Waals surface area (Å²) in [5.41, 5.74) is 8.17. The zero-order valence-electron chi connectivity index (χ0n) is 8.87. The van der Waals surface area contributed by atoms with E-state index in [1.165, 1.54) is 6.07 Å². The molecule has 1 unspecified atom stereocenters. The highest BCUT2D eigenvalue weighted by Gasteiger charge is 2.37. The largest absolute Gasteiger partial charge is 0.330 e. The number of amides is 1. The molecule has 2 aliphatic rings. The molecule has 0 fully saturated rings. The van der Waals surface area contributed by atoms with E-state index in [4.69, 9.17) is 5.73 Å². The van der Waals surface area contributed by atoms with Crippen LogP contribution in [0.2, 0.25) is 0 Å². The normalized spacial score (nSPS) is 22.5. The molecule has 1 atom stereocenters. The second kappa shape index (κ2) is 3.28. The number of nitrogens with two attached hydrogens (primary N) is 1. The van der Waals surface area contributed by atoms with Crippen LogP contribution in [0.15, 0.2) is 12.1 Å². The summed E-state index contributed by atoms with van der Waals surface area (Å²) in [5.74, 6) is -0.182. The Balaban J connectivity index is 2.23. The van der Waals surface area contributed by atoms with Crippen molar-refractivity contribution >= 4 is 11.6 Å². The number of hydrogen-bond acceptors (Lipinski definition) is 2. The van der Waals surface area contributed by atoms with E-state index in [1.54, 1.807) is 11.0 Å². The maximum absolute atomic E-state index is 13.8. The fourth-order valence-electron chi connectivity index (χ4n) is 2.74. The number of benzene rings is 1. The molecule has 1 amide bonds. The van der Waals surface area contributed by atoms with Gasteiger partial charge < -0.3 is 10.6 Å². The first-order chi connectivity index (χ1) is 7.72. The summed E-state index contributed by atoms with van der Waals surface area (Å²) in [6.07, 6.45) is 1.24. The highest BCUT2D eigenvalue weighted by atomic mass is 19.1. The zero-order chi connectivity index (χ0) is 11.3. The SMILES string of the molecule is NCC1CN2C(=O)CCc3ccc(F)c1c32. The van der Waals surface area contributed by atoms with E-state index < -0.39 is 0 Å². The van der Waals surface area contributed by atoms with Crippen LogP contribution in [0.3, 0.4) is 0 Å². The third kappa shape index (κ3) is 1.13. The molecule has 4 heteroatoms. The van der Waals surface area contributed by atoms with E-state index in [0.29, 0.717) is 25.1 Å². The van der Waals surface area contributed by atoms with Gasteiger partial charge in [0.15, 0.2) is 0 Å². The first-order valence-electron chi connectivity index (χ1n) is 5.54. The van der Waals surface area contributed by atoms with Crippen LogP contribution in [0, 0.1) is 5.82 Å². The van der Waals surface area contributed by atoms with Crippen molar-refractivity contribution in [3.63, 3.8) is 0 Å². The fraction of sp³-hybridized carbons (Fsp3) is 0.417. The molecule has 1 aromatic carbocycles. The summed E-state index contributed by atoms with van der Waals surface area (Å²) in [5, 5.41) is 0. The number of aryl methyl sites for hydroxylation is 1. The summed E-state index contributed by atoms with van der Waals surface area (Å²) in [4.78, 5) is 13.5. The lowest BCUT2D eigenvalue weighted by molar-refractivity contribution is -0.118. The average molecular weight is 220 g/mol. The first kappa shape index (κ1) is 9.78. The van der Waals surface area contributed by atoms with Crippen LogP contribution in [0.4, 0.5) is 10.1 Å². The zero-order valence-corrected chi connectivity index (χ0v) is 8.87. The molecule has 0 bridgehead atoms. The van der Waals surface area contributed by atoms with Gasteiger partial charge in [0.05, 0.1) is 5.69 Å². The number of anilines is 1. The second-order valence-corrected chi connectivity index (χ2v) is 4.41. The molecular formula is C12H13FN2O. The van der Waals surface area contributed by atoms with Gasteiger partial charge in [0.25, 0.3) is 0 Å². The third-order valence-corrected chi connectivity index (χ3v) is 3.52. The third-order valence-electron chi connectivity index (χ3n) is 3.52. The molecule has 0 saturated carbocycles. The second-order valence-electron chi connectivity index (χ2n) is 4.41. The molecule has 0 aromatic heterocycles. The Morgan fingerprint density at radius 1 is 1.44 bits per heavy atom. The van der Waals surface area contributed by atoms with Gasteiger partial charge >= 0.3 is 0 Å². The molecule has 16 heavy (non-hydrogen) atoms. The molecule has 0 radical (unpaired) electrons. The maximum atomic E-state index is 13.8. The minimum atomic E-state index is -0.230. The standard InChI is InChI=1S/C12H13FN2O/c13-9-3-1-7-2-4-10(16)15-6-8(5-14)11(9)12(7)15/h1,3,8H,2,4-6,14H2. The van der Waals surface area contributed by atoms with Crippen molar-refractivity contribution in [2.75, 3.05) is 18.0 Å². The van der Waals surface area contributed by atoms with Crippen LogP contribution >= 0.6 is 0 Å². The van der Waals surface area contributed by atoms with E-state index in [-0.39, 0.29) is 17.6 Å². The Morgan fingerprint density at radius 3 is 3.00 bits per heavy atom. The van der Waals surface area contributed by atoms with Gasteiger partial charge in [-0.05, 0) is 18.1 Å². The van der Waals surface area contributed by atoms with Crippen molar-refractivity contribution < 1.29 is 9.18 Å². The lowest BCUT2D eigenvalue weighted by Gasteiger charge is -2.25. The van der Waals surface area contributed by atoms with Crippen molar-refractivity contribution in [3.05, 3.63) is 29.1 Å². The molecule has 0 aliphatic carbocycles. The van der Waals surface area contributed by atoms with Crippen molar-refractivity contribution in [2.24, 2.45) is 5.73 Å². The molecule has 0 saturated heterocycles. The van der Waals surface area contributed by atoms with Crippen LogP contribution in [0.25, 0.3) is 0 Å². The minimum Gasteiger partial charge on any atom is -0.330 e. The van der Waals surface area contributed by atoms with E-state index >= 15 is 0 Å². The topological polar surface area (TPSA) is 46.3 Å². The molecule has 84 valence electrons. The van der Waals surface area contributed by atoms with E-state index in [9.17, 15) is 9.18 Å². The smallest absolute Gasteiger partial charge is 0.227 e. The van der Waals surface area contributed by atoms with Gasteiger partial charge in [0.1, 0.15) is 5.82 Å². The Morgan fingerprint density at radius 2 is 2.25 bits per heavy atom. The van der Waals surface area contributed by atoms with Crippen LogP contribution in [-0.2, 0) is 11.2 Å². The highest BCUT2D eigenvalue weighted by molar-refractivity contribution is 5.99. The van der Waals surface area contributed by atoms with Crippen LogP contribution in [0.5, 0.6) is 0 Å². The molecule has 0 spiro atoms. The molecule has 2 heterocycles. The molecule has 1 aromatic rings. The quantitative estimate of drug-likeness (QED) is 0.772. The molecule has 2 N–H and O–H groups in total. The van der Waals surface area contributed by atoms with E-state index in [2.05, 4.69) is 0 Å². The lowest BCUT2D eigenvalue weighted by atomic mass is 9.95. The van der Waals surface area contributed by atoms with Crippen LogP contribution in [-0.4, -0.2) is 19.0 Å². The number of rotatable bonds is 1. The summed E-state index contributed by atoms with van der Waals surface area (Å²) in [7, 11) is 0. The Bertz CT molecular complexity index is 472. The van der Waals surface area contributed by atoms with Crippen molar-refractivity contribution in [1.82, 2.24) is 0 Å². The Labute approximate surface area is 93.0 Å². The van der Waals surface area contributed by atoms with Gasteiger partial charge in [-0.25, -0.2) is 4.39 Å². The molecule has 2 aliphatic heterocycles. The first-order valence-corrected chi connectivity index (χ1v) is 5.54. The van der Waals surface area contributed by atoms with Crippen LogP contribution in [0.1, 0.15) is 23.5 Å². The average Bonchev–Trinajstić information content (AvgIpc) is 2.68. The lowest BCUT2D eigenvalue weighted by Crippen LogP contribution is -2.34. The van der Waals surface area contributed by atoms with E-state index in [1.807, 2.05) is 0 Å². The summed E-state index contributed by atoms with van der Waals surface area (Å²) in [6.45, 7) is 0.926. The number of nitrogens with zero attached hydrogens (tertiary/aromatic N) is 1. The molecule has 3 rings (SSSR count). The monoisotopic (exact) mass is 220 g/mol. The summed E-state index contributed by atoms with van der Waals surface area (Å²) in [6, 6.07) is 3.28. The predicted molar refractivity (Wildman–Crippen MR) is 58.9 cm³/mol. The number of carbonyl (C=O) groups excluding carboxylic acids is 1. The van der Waals surface area contributed by atoms with Crippen molar-refractivity contribution in [3.8, 4) is 0 Å². The van der Waals surface area contributed by atoms with Gasteiger partial charge in [-0.3, -0.25) is 4.79 Å². The van der Waals surface area contributed by atoms with Gasteiger partial charge in [-0.2, -0.15) is 0 Å². The number of halogens is 1. The maximum Gasteiger partial charge on any atom is 0.227 e. The molecular weight excluding hydrogens is 207 g/mol. The molecule has 3 nitrogen and oxygen atoms in total. The van der Waals surface area contributed by atoms with Crippen molar-refractivity contribution in [1.29, 1.82) is 0 Å². The van der Waals surface area contributed by atoms with Gasteiger partial charge in [0, 0.05) is 31.0 Å². The van der Waals surface area contributed by atoms with Gasteiger partial charge in [-0.15, -0.1) is 0 Å². The minimum absolute atomic E-state index is 0.0444. The highest BCUT2D eigenvalue weighted by Crippen LogP contribution is 2.43. The number of hydrogen-bond donors (Lipinski definition) is 1. The van der Waals surface area contributed by atoms with Gasteiger partial charge in [-0.1, -0.05) is 6.07 Å². The summed E-state index contributed by atoms with van der Waals surface area (Å²) >= 11 is 0. The Hall–Kier alpha value is -1.42.